The van der Waals surface area contributed by atoms with Crippen molar-refractivity contribution in [2.24, 2.45) is 5.73 Å². The topological polar surface area (TPSA) is 47.7 Å². The molecule has 0 aliphatic carbocycles. The van der Waals surface area contributed by atoms with Crippen LogP contribution in [0.15, 0.2) is 54.6 Å². The Labute approximate surface area is 144 Å². The molecule has 1 fully saturated rings. The highest BCUT2D eigenvalue weighted by Gasteiger charge is 2.22. The summed E-state index contributed by atoms with van der Waals surface area (Å²) in [6, 6.07) is 18.4. The Kier molecular flexibility index (Phi) is 6.10. The van der Waals surface area contributed by atoms with Crippen LogP contribution in [-0.2, 0) is 0 Å². The summed E-state index contributed by atoms with van der Waals surface area (Å²) in [5.41, 5.74) is 7.26. The molecule has 4 nitrogen and oxygen atoms in total. The quantitative estimate of drug-likeness (QED) is 0.757. The van der Waals surface area contributed by atoms with Gasteiger partial charge in [-0.15, -0.1) is 0 Å². The molecule has 1 saturated heterocycles. The first-order valence-electron chi connectivity index (χ1n) is 8.71. The van der Waals surface area contributed by atoms with Crippen molar-refractivity contribution in [3.8, 4) is 11.5 Å². The molecule has 1 aliphatic heterocycles. The van der Waals surface area contributed by atoms with Crippen LogP contribution in [0.4, 0.5) is 0 Å². The van der Waals surface area contributed by atoms with E-state index in [-0.39, 0.29) is 6.04 Å². The van der Waals surface area contributed by atoms with Gasteiger partial charge < -0.3 is 15.2 Å². The third kappa shape index (κ3) is 4.49. The summed E-state index contributed by atoms with van der Waals surface area (Å²) in [4.78, 5) is 2.47. The first kappa shape index (κ1) is 16.8. The van der Waals surface area contributed by atoms with Gasteiger partial charge in [-0.05, 0) is 55.8 Å². The van der Waals surface area contributed by atoms with Crippen molar-refractivity contribution in [2.75, 3.05) is 32.8 Å². The first-order valence-corrected chi connectivity index (χ1v) is 8.71. The maximum absolute atomic E-state index is 6.02. The second-order valence-corrected chi connectivity index (χ2v) is 6.08. The Bertz CT molecular complexity index is 612. The SMILES string of the molecule is NCC(c1cccc(OCCOc2ccccc2)c1)N1CCCC1. The molecule has 3 rings (SSSR count). The van der Waals surface area contributed by atoms with Gasteiger partial charge in [0.25, 0.3) is 0 Å². The minimum Gasteiger partial charge on any atom is -0.490 e. The van der Waals surface area contributed by atoms with Gasteiger partial charge in [-0.25, -0.2) is 0 Å². The van der Waals surface area contributed by atoms with Gasteiger partial charge in [0.2, 0.25) is 0 Å². The molecule has 1 unspecified atom stereocenters. The van der Waals surface area contributed by atoms with Crippen molar-refractivity contribution in [2.45, 2.75) is 18.9 Å². The van der Waals surface area contributed by atoms with E-state index in [1.165, 1.54) is 18.4 Å². The maximum atomic E-state index is 6.02. The molecule has 0 amide bonds. The van der Waals surface area contributed by atoms with Crippen molar-refractivity contribution in [1.82, 2.24) is 4.90 Å². The van der Waals surface area contributed by atoms with Crippen LogP contribution >= 0.6 is 0 Å². The monoisotopic (exact) mass is 326 g/mol. The molecule has 2 aromatic carbocycles. The third-order valence-electron chi connectivity index (χ3n) is 4.41. The lowest BCUT2D eigenvalue weighted by Gasteiger charge is -2.26. The van der Waals surface area contributed by atoms with Gasteiger partial charge in [-0.2, -0.15) is 0 Å². The van der Waals surface area contributed by atoms with Crippen molar-refractivity contribution in [3.63, 3.8) is 0 Å². The minimum absolute atomic E-state index is 0.289. The Morgan fingerprint density at radius 2 is 1.54 bits per heavy atom. The van der Waals surface area contributed by atoms with Crippen LogP contribution in [0.5, 0.6) is 11.5 Å². The van der Waals surface area contributed by atoms with Crippen LogP contribution in [0, 0.1) is 0 Å². The molecule has 0 aromatic heterocycles. The van der Waals surface area contributed by atoms with Crippen LogP contribution in [0.1, 0.15) is 24.4 Å². The average Bonchev–Trinajstić information content (AvgIpc) is 3.15. The molecule has 0 spiro atoms. The van der Waals surface area contributed by atoms with Crippen LogP contribution in [0.3, 0.4) is 0 Å². The van der Waals surface area contributed by atoms with Crippen LogP contribution in [0.25, 0.3) is 0 Å². The summed E-state index contributed by atoms with van der Waals surface area (Å²) >= 11 is 0. The molecule has 2 aromatic rings. The fourth-order valence-corrected chi connectivity index (χ4v) is 3.20. The van der Waals surface area contributed by atoms with E-state index in [1.807, 2.05) is 42.5 Å². The highest BCUT2D eigenvalue weighted by atomic mass is 16.5. The molecule has 2 N–H and O–H groups in total. The summed E-state index contributed by atoms with van der Waals surface area (Å²) in [5, 5.41) is 0. The zero-order chi connectivity index (χ0) is 16.6. The van der Waals surface area contributed by atoms with Gasteiger partial charge in [0.15, 0.2) is 0 Å². The number of para-hydroxylation sites is 1. The summed E-state index contributed by atoms with van der Waals surface area (Å²) in [6.07, 6.45) is 2.53. The second-order valence-electron chi connectivity index (χ2n) is 6.08. The lowest BCUT2D eigenvalue weighted by Crippen LogP contribution is -2.31. The lowest BCUT2D eigenvalue weighted by atomic mass is 10.1. The van der Waals surface area contributed by atoms with E-state index in [0.717, 1.165) is 24.6 Å². The highest BCUT2D eigenvalue weighted by molar-refractivity contribution is 5.31. The fraction of sp³-hybridized carbons (Fsp3) is 0.400. The summed E-state index contributed by atoms with van der Waals surface area (Å²) < 4.78 is 11.5. The molecule has 128 valence electrons. The zero-order valence-corrected chi connectivity index (χ0v) is 14.1. The van der Waals surface area contributed by atoms with Crippen molar-refractivity contribution in [3.05, 3.63) is 60.2 Å². The Hall–Kier alpha value is -2.04. The average molecular weight is 326 g/mol. The van der Waals surface area contributed by atoms with Crippen molar-refractivity contribution in [1.29, 1.82) is 0 Å². The molecule has 24 heavy (non-hydrogen) atoms. The molecule has 1 atom stereocenters. The van der Waals surface area contributed by atoms with E-state index < -0.39 is 0 Å². The van der Waals surface area contributed by atoms with E-state index in [1.54, 1.807) is 0 Å². The number of likely N-dealkylation sites (tertiary alicyclic amines) is 1. The largest absolute Gasteiger partial charge is 0.490 e. The molecule has 0 saturated carbocycles. The zero-order valence-electron chi connectivity index (χ0n) is 14.1. The number of rotatable bonds is 8. The van der Waals surface area contributed by atoms with Crippen molar-refractivity contribution < 1.29 is 9.47 Å². The smallest absolute Gasteiger partial charge is 0.122 e. The second kappa shape index (κ2) is 8.71. The van der Waals surface area contributed by atoms with Crippen LogP contribution < -0.4 is 15.2 Å². The molecule has 1 aliphatic rings. The normalized spacial score (nSPS) is 16.0. The van der Waals surface area contributed by atoms with Gasteiger partial charge in [0.05, 0.1) is 0 Å². The van der Waals surface area contributed by atoms with Gasteiger partial charge in [-0.1, -0.05) is 30.3 Å². The Morgan fingerprint density at radius 3 is 2.25 bits per heavy atom. The Morgan fingerprint density at radius 1 is 0.875 bits per heavy atom. The summed E-state index contributed by atoms with van der Waals surface area (Å²) in [6.45, 7) is 3.96. The van der Waals surface area contributed by atoms with Gasteiger partial charge in [0, 0.05) is 12.6 Å². The lowest BCUT2D eigenvalue weighted by molar-refractivity contribution is 0.216. The molecule has 0 radical (unpaired) electrons. The van der Waals surface area contributed by atoms with Crippen LogP contribution in [0.2, 0.25) is 0 Å². The number of benzene rings is 2. The van der Waals surface area contributed by atoms with E-state index in [4.69, 9.17) is 15.2 Å². The number of nitrogens with two attached hydrogens (primary N) is 1. The fourth-order valence-electron chi connectivity index (χ4n) is 3.20. The summed E-state index contributed by atoms with van der Waals surface area (Å²) in [5.74, 6) is 1.74. The van der Waals surface area contributed by atoms with E-state index >= 15 is 0 Å². The van der Waals surface area contributed by atoms with E-state index in [0.29, 0.717) is 19.8 Å². The number of hydrogen-bond donors (Lipinski definition) is 1. The van der Waals surface area contributed by atoms with Crippen molar-refractivity contribution >= 4 is 0 Å². The van der Waals surface area contributed by atoms with Gasteiger partial charge in [-0.3, -0.25) is 4.90 Å². The Balaban J connectivity index is 1.52. The standard InChI is InChI=1S/C20H26N2O2/c21-16-20(22-11-4-5-12-22)17-7-6-10-19(15-17)24-14-13-23-18-8-2-1-3-9-18/h1-3,6-10,15,20H,4-5,11-14,16,21H2. The molecular formula is C20H26N2O2. The number of ether oxygens (including phenoxy) is 2. The molecular weight excluding hydrogens is 300 g/mol. The van der Waals surface area contributed by atoms with Gasteiger partial charge >= 0.3 is 0 Å². The first-order chi connectivity index (χ1) is 11.9. The predicted molar refractivity (Wildman–Crippen MR) is 96.5 cm³/mol. The predicted octanol–water partition coefficient (Wildman–Crippen LogP) is 3.24. The molecule has 4 heteroatoms. The molecule has 0 bridgehead atoms. The summed E-state index contributed by atoms with van der Waals surface area (Å²) in [7, 11) is 0. The number of nitrogens with zero attached hydrogens (tertiary/aromatic N) is 1. The third-order valence-corrected chi connectivity index (χ3v) is 4.41. The number of hydrogen-bond acceptors (Lipinski definition) is 4. The molecule has 1 heterocycles. The van der Waals surface area contributed by atoms with Crippen LogP contribution in [-0.4, -0.2) is 37.7 Å². The highest BCUT2D eigenvalue weighted by Crippen LogP contribution is 2.26. The minimum atomic E-state index is 0.289. The van der Waals surface area contributed by atoms with E-state index in [2.05, 4.69) is 17.0 Å². The van der Waals surface area contributed by atoms with E-state index in [9.17, 15) is 0 Å². The maximum Gasteiger partial charge on any atom is 0.122 e. The van der Waals surface area contributed by atoms with Gasteiger partial charge in [0.1, 0.15) is 24.7 Å².